The summed E-state index contributed by atoms with van der Waals surface area (Å²) in [7, 11) is 1.84. The highest BCUT2D eigenvalue weighted by Crippen LogP contribution is 2.17. The smallest absolute Gasteiger partial charge is 0.271 e. The topological polar surface area (TPSA) is 72.9 Å². The second kappa shape index (κ2) is 4.02. The summed E-state index contributed by atoms with van der Waals surface area (Å²) >= 11 is 0. The molecule has 1 heterocycles. The van der Waals surface area contributed by atoms with E-state index in [2.05, 4.69) is 10.3 Å². The Morgan fingerprint density at radius 1 is 1.67 bits per heavy atom. The Balaban J connectivity index is 1.97. The van der Waals surface area contributed by atoms with Gasteiger partial charge in [-0.05, 0) is 19.3 Å². The number of carbonyl (C=O) groups is 1. The molecule has 1 aromatic heterocycles. The molecule has 0 saturated heterocycles. The molecule has 82 valence electrons. The number of nitrogens with one attached hydrogen (secondary N) is 1. The van der Waals surface area contributed by atoms with Gasteiger partial charge in [0.25, 0.3) is 5.91 Å². The number of nitrogens with zero attached hydrogens (tertiary/aromatic N) is 2. The Hall–Kier alpha value is -1.36. The minimum absolute atomic E-state index is 0.0951. The van der Waals surface area contributed by atoms with E-state index in [9.17, 15) is 4.79 Å². The number of carbonyl (C=O) groups excluding carboxylic acids is 1. The fraction of sp³-hybridized carbons (Fsp3) is 0.600. The van der Waals surface area contributed by atoms with Gasteiger partial charge in [0, 0.05) is 25.3 Å². The molecule has 3 N–H and O–H groups in total. The van der Waals surface area contributed by atoms with E-state index in [1.807, 2.05) is 7.05 Å². The number of hydrogen-bond donors (Lipinski definition) is 2. The Bertz CT molecular complexity index is 360. The van der Waals surface area contributed by atoms with Crippen molar-refractivity contribution in [2.24, 2.45) is 12.8 Å². The van der Waals surface area contributed by atoms with Gasteiger partial charge in [0.2, 0.25) is 0 Å². The first-order valence-corrected chi connectivity index (χ1v) is 5.21. The highest BCUT2D eigenvalue weighted by atomic mass is 16.2. The first kappa shape index (κ1) is 10.2. The molecule has 2 unspecified atom stereocenters. The van der Waals surface area contributed by atoms with E-state index in [1.54, 1.807) is 17.1 Å². The lowest BCUT2D eigenvalue weighted by atomic mass is 10.2. The molecular weight excluding hydrogens is 192 g/mol. The summed E-state index contributed by atoms with van der Waals surface area (Å²) in [4.78, 5) is 15.7. The first-order chi connectivity index (χ1) is 7.16. The maximum Gasteiger partial charge on any atom is 0.271 e. The van der Waals surface area contributed by atoms with Gasteiger partial charge in [0.15, 0.2) is 0 Å². The first-order valence-electron chi connectivity index (χ1n) is 5.21. The SMILES string of the molecule is Cn1cnc(C(=O)NC2CCCC2N)c1. The van der Waals surface area contributed by atoms with Crippen LogP contribution in [0.15, 0.2) is 12.5 Å². The fourth-order valence-corrected chi connectivity index (χ4v) is 1.94. The molecule has 5 heteroatoms. The van der Waals surface area contributed by atoms with Crippen molar-refractivity contribution in [3.05, 3.63) is 18.2 Å². The zero-order chi connectivity index (χ0) is 10.8. The highest BCUT2D eigenvalue weighted by molar-refractivity contribution is 5.92. The van der Waals surface area contributed by atoms with Crippen molar-refractivity contribution >= 4 is 5.91 Å². The van der Waals surface area contributed by atoms with Crippen LogP contribution in [-0.4, -0.2) is 27.5 Å². The number of rotatable bonds is 2. The molecule has 2 atom stereocenters. The molecular formula is C10H16N4O. The monoisotopic (exact) mass is 208 g/mol. The van der Waals surface area contributed by atoms with Gasteiger partial charge in [0.05, 0.1) is 6.33 Å². The van der Waals surface area contributed by atoms with Crippen molar-refractivity contribution in [3.63, 3.8) is 0 Å². The third-order valence-corrected chi connectivity index (χ3v) is 2.82. The molecule has 1 aromatic rings. The molecule has 1 aliphatic carbocycles. The van der Waals surface area contributed by atoms with E-state index in [0.29, 0.717) is 5.69 Å². The van der Waals surface area contributed by atoms with Crippen molar-refractivity contribution in [1.29, 1.82) is 0 Å². The lowest BCUT2D eigenvalue weighted by Gasteiger charge is -2.16. The zero-order valence-electron chi connectivity index (χ0n) is 8.81. The van der Waals surface area contributed by atoms with E-state index >= 15 is 0 Å². The standard InChI is InChI=1S/C10H16N4O/c1-14-5-9(12-6-14)10(15)13-8-4-2-3-7(8)11/h5-8H,2-4,11H2,1H3,(H,13,15). The molecule has 0 aromatic carbocycles. The molecule has 1 amide bonds. The highest BCUT2D eigenvalue weighted by Gasteiger charge is 2.26. The summed E-state index contributed by atoms with van der Waals surface area (Å²) in [6, 6.07) is 0.206. The molecule has 1 saturated carbocycles. The van der Waals surface area contributed by atoms with Crippen LogP contribution in [0, 0.1) is 0 Å². The summed E-state index contributed by atoms with van der Waals surface area (Å²) in [5.74, 6) is -0.127. The summed E-state index contributed by atoms with van der Waals surface area (Å²) in [5, 5.41) is 2.92. The van der Waals surface area contributed by atoms with E-state index in [4.69, 9.17) is 5.73 Å². The van der Waals surface area contributed by atoms with Crippen LogP contribution in [0.1, 0.15) is 29.8 Å². The molecule has 2 rings (SSSR count). The van der Waals surface area contributed by atoms with Crippen LogP contribution < -0.4 is 11.1 Å². The predicted octanol–water partition coefficient (Wildman–Crippen LogP) is 0.0297. The molecule has 0 aliphatic heterocycles. The van der Waals surface area contributed by atoms with Crippen molar-refractivity contribution in [3.8, 4) is 0 Å². The van der Waals surface area contributed by atoms with Crippen molar-refractivity contribution < 1.29 is 4.79 Å². The van der Waals surface area contributed by atoms with E-state index in [-0.39, 0.29) is 18.0 Å². The van der Waals surface area contributed by atoms with E-state index in [0.717, 1.165) is 19.3 Å². The van der Waals surface area contributed by atoms with Crippen LogP contribution in [0.4, 0.5) is 0 Å². The molecule has 0 radical (unpaired) electrons. The maximum absolute atomic E-state index is 11.7. The number of hydrogen-bond acceptors (Lipinski definition) is 3. The average molecular weight is 208 g/mol. The Morgan fingerprint density at radius 3 is 3.00 bits per heavy atom. The quantitative estimate of drug-likeness (QED) is 0.720. The van der Waals surface area contributed by atoms with Gasteiger partial charge in [-0.1, -0.05) is 0 Å². The van der Waals surface area contributed by atoms with Gasteiger partial charge in [-0.3, -0.25) is 4.79 Å². The summed E-state index contributed by atoms with van der Waals surface area (Å²) < 4.78 is 1.75. The largest absolute Gasteiger partial charge is 0.346 e. The van der Waals surface area contributed by atoms with Gasteiger partial charge in [0.1, 0.15) is 5.69 Å². The molecule has 5 nitrogen and oxygen atoms in total. The Morgan fingerprint density at radius 2 is 2.47 bits per heavy atom. The molecule has 1 fully saturated rings. The second-order valence-electron chi connectivity index (χ2n) is 4.10. The molecule has 1 aliphatic rings. The van der Waals surface area contributed by atoms with Crippen molar-refractivity contribution in [1.82, 2.24) is 14.9 Å². The summed E-state index contributed by atoms with van der Waals surface area (Å²) in [5.41, 5.74) is 6.33. The number of aromatic nitrogens is 2. The molecule has 15 heavy (non-hydrogen) atoms. The normalized spacial score (nSPS) is 25.5. The Labute approximate surface area is 88.7 Å². The van der Waals surface area contributed by atoms with Crippen molar-refractivity contribution in [2.75, 3.05) is 0 Å². The number of aryl methyl sites for hydroxylation is 1. The van der Waals surface area contributed by atoms with Crippen LogP contribution in [0.25, 0.3) is 0 Å². The van der Waals surface area contributed by atoms with E-state index in [1.165, 1.54) is 0 Å². The molecule has 0 bridgehead atoms. The zero-order valence-corrected chi connectivity index (χ0v) is 8.81. The molecule has 0 spiro atoms. The minimum atomic E-state index is -0.127. The fourth-order valence-electron chi connectivity index (χ4n) is 1.94. The van der Waals surface area contributed by atoms with Gasteiger partial charge >= 0.3 is 0 Å². The van der Waals surface area contributed by atoms with Crippen molar-refractivity contribution in [2.45, 2.75) is 31.3 Å². The number of imidazole rings is 1. The van der Waals surface area contributed by atoms with Crippen LogP contribution in [-0.2, 0) is 7.05 Å². The summed E-state index contributed by atoms with van der Waals surface area (Å²) in [6.07, 6.45) is 6.38. The average Bonchev–Trinajstić information content (AvgIpc) is 2.77. The van der Waals surface area contributed by atoms with E-state index < -0.39 is 0 Å². The maximum atomic E-state index is 11.7. The van der Waals surface area contributed by atoms with Crippen LogP contribution in [0.3, 0.4) is 0 Å². The third-order valence-electron chi connectivity index (χ3n) is 2.82. The predicted molar refractivity (Wildman–Crippen MR) is 56.3 cm³/mol. The van der Waals surface area contributed by atoms with Gasteiger partial charge < -0.3 is 15.6 Å². The van der Waals surface area contributed by atoms with Gasteiger partial charge in [-0.15, -0.1) is 0 Å². The van der Waals surface area contributed by atoms with Crippen LogP contribution in [0.2, 0.25) is 0 Å². The van der Waals surface area contributed by atoms with Crippen LogP contribution in [0.5, 0.6) is 0 Å². The second-order valence-corrected chi connectivity index (χ2v) is 4.10. The number of nitrogens with two attached hydrogens (primary N) is 1. The third kappa shape index (κ3) is 2.18. The van der Waals surface area contributed by atoms with Gasteiger partial charge in [-0.2, -0.15) is 0 Å². The van der Waals surface area contributed by atoms with Gasteiger partial charge in [-0.25, -0.2) is 4.98 Å². The lowest BCUT2D eigenvalue weighted by Crippen LogP contribution is -2.44. The number of amides is 1. The Kier molecular flexibility index (Phi) is 2.73. The lowest BCUT2D eigenvalue weighted by molar-refractivity contribution is 0.0930. The minimum Gasteiger partial charge on any atom is -0.346 e. The van der Waals surface area contributed by atoms with Crippen LogP contribution >= 0.6 is 0 Å². The summed E-state index contributed by atoms with van der Waals surface area (Å²) in [6.45, 7) is 0.